The number of amides is 1. The third-order valence-corrected chi connectivity index (χ3v) is 9.38. The van der Waals surface area contributed by atoms with E-state index in [4.69, 9.17) is 9.47 Å². The van der Waals surface area contributed by atoms with E-state index in [2.05, 4.69) is 33.4 Å². The number of carbonyl (C=O) groups is 3. The molecule has 47 heavy (non-hydrogen) atoms. The average Bonchev–Trinajstić information content (AvgIpc) is 3.04. The fourth-order valence-corrected chi connectivity index (χ4v) is 6.27. The summed E-state index contributed by atoms with van der Waals surface area (Å²) in [5.74, 6) is -0.418. The Balaban J connectivity index is 5.04. The minimum Gasteiger partial charge on any atom is -0.464 e. The summed E-state index contributed by atoms with van der Waals surface area (Å²) in [7, 11) is 0. The van der Waals surface area contributed by atoms with Crippen molar-refractivity contribution in [3.05, 3.63) is 0 Å². The van der Waals surface area contributed by atoms with Gasteiger partial charge < -0.3 is 20.1 Å². The zero-order valence-electron chi connectivity index (χ0n) is 31.9. The number of hydrogen-bond acceptors (Lipinski definition) is 5. The van der Waals surface area contributed by atoms with E-state index < -0.39 is 0 Å². The Morgan fingerprint density at radius 3 is 1.13 bits per heavy atom. The molecule has 0 aliphatic carbocycles. The molecular weight excluding hydrogens is 588 g/mol. The first-order chi connectivity index (χ1) is 22.8. The van der Waals surface area contributed by atoms with Gasteiger partial charge >= 0.3 is 11.9 Å². The van der Waals surface area contributed by atoms with E-state index in [1.807, 2.05) is 6.92 Å². The average molecular weight is 668 g/mol. The van der Waals surface area contributed by atoms with Gasteiger partial charge in [-0.1, -0.05) is 156 Å². The molecule has 7 nitrogen and oxygen atoms in total. The highest BCUT2D eigenvalue weighted by molar-refractivity contribution is 5.77. The number of hydrogen-bond donors (Lipinski definition) is 1. The van der Waals surface area contributed by atoms with E-state index in [1.54, 1.807) is 4.90 Å². The van der Waals surface area contributed by atoms with Gasteiger partial charge in [-0.3, -0.25) is 14.4 Å². The lowest BCUT2D eigenvalue weighted by molar-refractivity contribution is -0.412. The molecule has 0 fully saturated rings. The van der Waals surface area contributed by atoms with Crippen LogP contribution in [-0.2, 0) is 23.9 Å². The number of quaternary nitrogens is 1. The van der Waals surface area contributed by atoms with Gasteiger partial charge in [-0.2, -0.15) is 0 Å². The van der Waals surface area contributed by atoms with Crippen molar-refractivity contribution in [3.63, 3.8) is 0 Å². The predicted octanol–water partition coefficient (Wildman–Crippen LogP) is 9.60. The normalized spacial score (nSPS) is 13.2. The molecule has 0 saturated carbocycles. The summed E-state index contributed by atoms with van der Waals surface area (Å²) in [6.07, 6.45) is 27.5. The lowest BCUT2D eigenvalue weighted by Gasteiger charge is -2.24. The van der Waals surface area contributed by atoms with Crippen LogP contribution in [0.25, 0.3) is 0 Å². The topological polar surface area (TPSA) is 101 Å². The number of rotatable bonds is 34. The molecule has 3 N–H and O–H groups in total. The first kappa shape index (κ1) is 45.4. The van der Waals surface area contributed by atoms with Gasteiger partial charge in [0.05, 0.1) is 37.4 Å². The summed E-state index contributed by atoms with van der Waals surface area (Å²) in [6.45, 7) is 11.8. The highest BCUT2D eigenvalue weighted by Gasteiger charge is 2.23. The Morgan fingerprint density at radius 1 is 0.511 bits per heavy atom. The molecule has 0 aliphatic rings. The zero-order valence-corrected chi connectivity index (χ0v) is 31.9. The fraction of sp³-hybridized carbons (Fsp3) is 0.925. The predicted molar refractivity (Wildman–Crippen MR) is 196 cm³/mol. The van der Waals surface area contributed by atoms with Crippen molar-refractivity contribution in [2.75, 3.05) is 26.3 Å². The standard InChI is InChI=1S/C40H78N2O5/c1-6-10-14-18-20-24-28-36(26-22-16-12-8-3)39(44)46-32-30-42(38(43)34-35(5)41)31-33-47-40(45)37(27-23-17-13-9-4)29-25-21-19-15-11-7-2/h35-37H,6-34,41H2,1-5H3/p+1. The van der Waals surface area contributed by atoms with E-state index >= 15 is 0 Å². The molecule has 0 spiro atoms. The maximum absolute atomic E-state index is 13.2. The quantitative estimate of drug-likeness (QED) is 0.0544. The van der Waals surface area contributed by atoms with E-state index in [-0.39, 0.29) is 48.9 Å². The molecule has 0 radical (unpaired) electrons. The molecule has 7 heteroatoms. The van der Waals surface area contributed by atoms with Crippen molar-refractivity contribution in [2.24, 2.45) is 11.8 Å². The Kier molecular flexibility index (Phi) is 31.8. The molecule has 0 bridgehead atoms. The third-order valence-electron chi connectivity index (χ3n) is 9.38. The molecule has 0 rings (SSSR count). The van der Waals surface area contributed by atoms with Crippen LogP contribution in [0.2, 0.25) is 0 Å². The zero-order chi connectivity index (χ0) is 35.0. The molecule has 0 aliphatic heterocycles. The lowest BCUT2D eigenvalue weighted by atomic mass is 9.94. The van der Waals surface area contributed by atoms with Crippen LogP contribution >= 0.6 is 0 Å². The number of carbonyl (C=O) groups excluding carboxylic acids is 3. The van der Waals surface area contributed by atoms with Gasteiger partial charge in [-0.15, -0.1) is 0 Å². The summed E-state index contributed by atoms with van der Waals surface area (Å²) in [4.78, 5) is 41.1. The van der Waals surface area contributed by atoms with Gasteiger partial charge in [0.2, 0.25) is 5.91 Å². The largest absolute Gasteiger partial charge is 0.464 e. The summed E-state index contributed by atoms with van der Waals surface area (Å²) >= 11 is 0. The Bertz CT molecular complexity index is 694. The molecule has 0 saturated heterocycles. The number of esters is 2. The van der Waals surface area contributed by atoms with Crippen LogP contribution in [0.4, 0.5) is 0 Å². The summed E-state index contributed by atoms with van der Waals surface area (Å²) in [5.41, 5.74) is 3.99. The minimum absolute atomic E-state index is 0.0234. The van der Waals surface area contributed by atoms with E-state index in [1.165, 1.54) is 89.9 Å². The van der Waals surface area contributed by atoms with Crippen molar-refractivity contribution in [3.8, 4) is 0 Å². The molecule has 0 heterocycles. The molecule has 0 aromatic carbocycles. The van der Waals surface area contributed by atoms with E-state index in [9.17, 15) is 14.4 Å². The number of nitrogens with zero attached hydrogens (tertiary/aromatic N) is 1. The maximum Gasteiger partial charge on any atom is 0.308 e. The highest BCUT2D eigenvalue weighted by atomic mass is 16.5. The van der Waals surface area contributed by atoms with Crippen LogP contribution in [0.1, 0.15) is 195 Å². The van der Waals surface area contributed by atoms with Crippen molar-refractivity contribution >= 4 is 17.8 Å². The van der Waals surface area contributed by atoms with Crippen LogP contribution < -0.4 is 5.73 Å². The summed E-state index contributed by atoms with van der Waals surface area (Å²) in [5, 5.41) is 0. The number of ether oxygens (including phenoxy) is 2. The first-order valence-electron chi connectivity index (χ1n) is 20.2. The second-order valence-corrected chi connectivity index (χ2v) is 14.2. The summed E-state index contributed by atoms with van der Waals surface area (Å²) in [6, 6.07) is -0.0234. The van der Waals surface area contributed by atoms with Gasteiger partial charge in [0.25, 0.3) is 0 Å². The molecule has 3 atom stereocenters. The minimum atomic E-state index is -0.125. The van der Waals surface area contributed by atoms with Crippen LogP contribution in [0, 0.1) is 11.8 Å². The van der Waals surface area contributed by atoms with Gasteiger partial charge in [0.1, 0.15) is 13.2 Å². The first-order valence-corrected chi connectivity index (χ1v) is 20.2. The van der Waals surface area contributed by atoms with Crippen molar-refractivity contribution < 1.29 is 29.6 Å². The Morgan fingerprint density at radius 2 is 0.809 bits per heavy atom. The lowest BCUT2D eigenvalue weighted by Crippen LogP contribution is -2.60. The van der Waals surface area contributed by atoms with Crippen molar-refractivity contribution in [1.82, 2.24) is 4.90 Å². The van der Waals surface area contributed by atoms with E-state index in [0.29, 0.717) is 19.5 Å². The van der Waals surface area contributed by atoms with Crippen LogP contribution in [0.3, 0.4) is 0 Å². The van der Waals surface area contributed by atoms with Crippen molar-refractivity contribution in [2.45, 2.75) is 201 Å². The van der Waals surface area contributed by atoms with Gasteiger partial charge in [-0.25, -0.2) is 0 Å². The molecular formula is C40H79N2O5+. The van der Waals surface area contributed by atoms with Crippen LogP contribution in [-0.4, -0.2) is 55.1 Å². The van der Waals surface area contributed by atoms with Gasteiger partial charge in [0, 0.05) is 0 Å². The second kappa shape index (κ2) is 32.9. The molecule has 0 aromatic heterocycles. The Hall–Kier alpha value is -1.63. The van der Waals surface area contributed by atoms with E-state index in [0.717, 1.165) is 64.2 Å². The SMILES string of the molecule is CCCCCCCCC(CCCCCC)C(=O)OCCN(CCOC(=O)C(CCCCCC)CCCCCCCC)C(=O)CC(C)[NH3+]. The summed E-state index contributed by atoms with van der Waals surface area (Å²) < 4.78 is 11.6. The van der Waals surface area contributed by atoms with Gasteiger partial charge in [0.15, 0.2) is 0 Å². The molecule has 0 aromatic rings. The molecule has 3 unspecified atom stereocenters. The number of unbranched alkanes of at least 4 members (excludes halogenated alkanes) is 16. The van der Waals surface area contributed by atoms with Crippen LogP contribution in [0.15, 0.2) is 0 Å². The third kappa shape index (κ3) is 26.9. The smallest absolute Gasteiger partial charge is 0.308 e. The second-order valence-electron chi connectivity index (χ2n) is 14.2. The van der Waals surface area contributed by atoms with Gasteiger partial charge in [-0.05, 0) is 32.6 Å². The highest BCUT2D eigenvalue weighted by Crippen LogP contribution is 2.22. The van der Waals surface area contributed by atoms with Crippen molar-refractivity contribution in [1.29, 1.82) is 0 Å². The van der Waals surface area contributed by atoms with Crippen LogP contribution in [0.5, 0.6) is 0 Å². The maximum atomic E-state index is 13.2. The molecule has 1 amide bonds. The monoisotopic (exact) mass is 668 g/mol. The molecule has 278 valence electrons. The Labute approximate surface area is 291 Å². The fourth-order valence-electron chi connectivity index (χ4n) is 6.27.